The van der Waals surface area contributed by atoms with Gasteiger partial charge in [-0.1, -0.05) is 6.07 Å². The number of benzene rings is 1. The van der Waals surface area contributed by atoms with Gasteiger partial charge in [-0.2, -0.15) is 0 Å². The number of methoxy groups -OCH3 is 2. The van der Waals surface area contributed by atoms with Crippen molar-refractivity contribution in [3.05, 3.63) is 23.8 Å². The molecule has 1 amide bonds. The number of thioether (sulfide) groups is 1. The van der Waals surface area contributed by atoms with E-state index in [1.54, 1.807) is 26.0 Å². The van der Waals surface area contributed by atoms with Gasteiger partial charge in [0.05, 0.1) is 38.7 Å². The minimum absolute atomic E-state index is 0.0525. The van der Waals surface area contributed by atoms with Gasteiger partial charge in [-0.05, 0) is 18.6 Å². The largest absolute Gasteiger partial charge is 0.496 e. The third-order valence-electron chi connectivity index (χ3n) is 4.66. The van der Waals surface area contributed by atoms with Gasteiger partial charge < -0.3 is 19.1 Å². The molecule has 3 rings (SSSR count). The lowest BCUT2D eigenvalue weighted by atomic mass is 10.1. The number of morpholine rings is 1. The molecule has 138 valence electrons. The normalized spacial score (nSPS) is 21.6. The van der Waals surface area contributed by atoms with Gasteiger partial charge in [0, 0.05) is 26.2 Å². The van der Waals surface area contributed by atoms with Crippen LogP contribution in [-0.2, 0) is 9.53 Å². The van der Waals surface area contributed by atoms with Crippen LogP contribution in [0.5, 0.6) is 11.5 Å². The van der Waals surface area contributed by atoms with E-state index in [0.29, 0.717) is 5.75 Å². The van der Waals surface area contributed by atoms with Crippen LogP contribution >= 0.6 is 11.8 Å². The van der Waals surface area contributed by atoms with Crippen molar-refractivity contribution < 1.29 is 19.0 Å². The first-order chi connectivity index (χ1) is 12.2. The molecule has 0 saturated carbocycles. The second-order valence-corrected chi connectivity index (χ2v) is 7.20. The van der Waals surface area contributed by atoms with Crippen LogP contribution in [0.15, 0.2) is 18.2 Å². The Bertz CT molecular complexity index is 570. The smallest absolute Gasteiger partial charge is 0.233 e. The van der Waals surface area contributed by atoms with Crippen LogP contribution in [0.25, 0.3) is 0 Å². The summed E-state index contributed by atoms with van der Waals surface area (Å²) in [4.78, 5) is 16.8. The van der Waals surface area contributed by atoms with Gasteiger partial charge in [0.25, 0.3) is 0 Å². The molecular weight excluding hydrogens is 340 g/mol. The zero-order chi connectivity index (χ0) is 17.6. The van der Waals surface area contributed by atoms with E-state index >= 15 is 0 Å². The summed E-state index contributed by atoms with van der Waals surface area (Å²) >= 11 is 1.64. The summed E-state index contributed by atoms with van der Waals surface area (Å²) in [5.41, 5.74) is 0.953. The molecule has 0 N–H and O–H groups in total. The van der Waals surface area contributed by atoms with E-state index in [1.165, 1.54) is 0 Å². The molecule has 2 saturated heterocycles. The molecule has 1 atom stereocenters. The fourth-order valence-electron chi connectivity index (χ4n) is 3.35. The topological polar surface area (TPSA) is 51.2 Å². The van der Waals surface area contributed by atoms with Gasteiger partial charge in [0.1, 0.15) is 16.9 Å². The Morgan fingerprint density at radius 2 is 1.84 bits per heavy atom. The van der Waals surface area contributed by atoms with Gasteiger partial charge in [-0.3, -0.25) is 9.69 Å². The van der Waals surface area contributed by atoms with Crippen LogP contribution < -0.4 is 9.47 Å². The van der Waals surface area contributed by atoms with Crippen molar-refractivity contribution in [1.29, 1.82) is 0 Å². The zero-order valence-corrected chi connectivity index (χ0v) is 15.7. The fraction of sp³-hybridized carbons (Fsp3) is 0.611. The van der Waals surface area contributed by atoms with Gasteiger partial charge in [-0.25, -0.2) is 0 Å². The minimum atomic E-state index is -0.0525. The number of hydrogen-bond donors (Lipinski definition) is 0. The van der Waals surface area contributed by atoms with Crippen molar-refractivity contribution in [3.63, 3.8) is 0 Å². The highest BCUT2D eigenvalue weighted by atomic mass is 32.2. The highest BCUT2D eigenvalue weighted by molar-refractivity contribution is 8.00. The molecular formula is C18H26N2O4S. The summed E-state index contributed by atoms with van der Waals surface area (Å²) in [5, 5.41) is -0.0525. The number of carbonyl (C=O) groups is 1. The monoisotopic (exact) mass is 366 g/mol. The van der Waals surface area contributed by atoms with Crippen LogP contribution in [0.1, 0.15) is 17.4 Å². The summed E-state index contributed by atoms with van der Waals surface area (Å²) in [7, 11) is 3.31. The van der Waals surface area contributed by atoms with Crippen LogP contribution in [0, 0.1) is 0 Å². The Kier molecular flexibility index (Phi) is 6.45. The summed E-state index contributed by atoms with van der Waals surface area (Å²) in [6, 6.07) is 5.76. The van der Waals surface area contributed by atoms with E-state index in [-0.39, 0.29) is 11.3 Å². The number of amides is 1. The fourth-order valence-corrected chi connectivity index (χ4v) is 4.62. The van der Waals surface area contributed by atoms with E-state index in [1.807, 2.05) is 23.1 Å². The number of nitrogens with zero attached hydrogens (tertiary/aromatic N) is 2. The van der Waals surface area contributed by atoms with Crippen molar-refractivity contribution in [1.82, 2.24) is 9.80 Å². The van der Waals surface area contributed by atoms with Crippen molar-refractivity contribution >= 4 is 17.7 Å². The van der Waals surface area contributed by atoms with Crippen molar-refractivity contribution in [3.8, 4) is 11.5 Å². The molecule has 2 aliphatic heterocycles. The maximum atomic E-state index is 12.4. The Balaban J connectivity index is 1.69. The quantitative estimate of drug-likeness (QED) is 0.736. The van der Waals surface area contributed by atoms with Crippen LogP contribution in [0.3, 0.4) is 0 Å². The average molecular weight is 366 g/mol. The lowest BCUT2D eigenvalue weighted by Gasteiger charge is -2.29. The molecule has 2 heterocycles. The number of rotatable bonds is 7. The summed E-state index contributed by atoms with van der Waals surface area (Å²) in [5.74, 6) is 2.23. The maximum Gasteiger partial charge on any atom is 0.233 e. The maximum absolute atomic E-state index is 12.4. The zero-order valence-electron chi connectivity index (χ0n) is 14.9. The summed E-state index contributed by atoms with van der Waals surface area (Å²) in [6.45, 7) is 5.31. The first-order valence-corrected chi connectivity index (χ1v) is 9.71. The highest BCUT2D eigenvalue weighted by Gasteiger charge is 2.36. The van der Waals surface area contributed by atoms with Crippen LogP contribution in [-0.4, -0.2) is 75.1 Å². The van der Waals surface area contributed by atoms with Crippen molar-refractivity contribution in [2.45, 2.75) is 11.8 Å². The molecule has 1 unspecified atom stereocenters. The first kappa shape index (κ1) is 18.4. The SMILES string of the molecule is COc1cccc(OC)c1C1SCC(=O)N1CCCN1CCOCC1. The summed E-state index contributed by atoms with van der Waals surface area (Å²) in [6.07, 6.45) is 0.959. The third-order valence-corrected chi connectivity index (χ3v) is 5.88. The van der Waals surface area contributed by atoms with E-state index in [0.717, 1.165) is 62.9 Å². The van der Waals surface area contributed by atoms with E-state index < -0.39 is 0 Å². The van der Waals surface area contributed by atoms with Gasteiger partial charge >= 0.3 is 0 Å². The number of carbonyl (C=O) groups excluding carboxylic acids is 1. The standard InChI is InChI=1S/C18H26N2O4S/c1-22-14-5-3-6-15(23-2)17(14)18-20(16(21)13-25-18)8-4-7-19-9-11-24-12-10-19/h3,5-6,18H,4,7-13H2,1-2H3. The summed E-state index contributed by atoms with van der Waals surface area (Å²) < 4.78 is 16.4. The van der Waals surface area contributed by atoms with Crippen LogP contribution in [0.2, 0.25) is 0 Å². The predicted molar refractivity (Wildman–Crippen MR) is 98.3 cm³/mol. The first-order valence-electron chi connectivity index (χ1n) is 8.66. The predicted octanol–water partition coefficient (Wildman–Crippen LogP) is 2.00. The van der Waals surface area contributed by atoms with Gasteiger partial charge in [-0.15, -0.1) is 11.8 Å². The Morgan fingerprint density at radius 1 is 1.16 bits per heavy atom. The van der Waals surface area contributed by atoms with Crippen molar-refractivity contribution in [2.75, 3.05) is 59.4 Å². The van der Waals surface area contributed by atoms with Gasteiger partial charge in [0.2, 0.25) is 5.91 Å². The third kappa shape index (κ3) is 4.22. The molecule has 6 nitrogen and oxygen atoms in total. The number of hydrogen-bond acceptors (Lipinski definition) is 6. The lowest BCUT2D eigenvalue weighted by Crippen LogP contribution is -2.38. The number of ether oxygens (including phenoxy) is 3. The molecule has 1 aromatic rings. The Hall–Kier alpha value is -1.44. The molecule has 2 aliphatic rings. The second-order valence-electron chi connectivity index (χ2n) is 6.13. The molecule has 0 aromatic heterocycles. The van der Waals surface area contributed by atoms with Crippen molar-refractivity contribution in [2.24, 2.45) is 0 Å². The molecule has 0 radical (unpaired) electrons. The van der Waals surface area contributed by atoms with E-state index in [2.05, 4.69) is 4.90 Å². The average Bonchev–Trinajstić information content (AvgIpc) is 3.02. The Morgan fingerprint density at radius 3 is 2.48 bits per heavy atom. The van der Waals surface area contributed by atoms with Gasteiger partial charge in [0.15, 0.2) is 0 Å². The lowest BCUT2D eigenvalue weighted by molar-refractivity contribution is -0.128. The highest BCUT2D eigenvalue weighted by Crippen LogP contribution is 2.46. The molecule has 1 aromatic carbocycles. The minimum Gasteiger partial charge on any atom is -0.496 e. The van der Waals surface area contributed by atoms with E-state index in [9.17, 15) is 4.79 Å². The molecule has 25 heavy (non-hydrogen) atoms. The Labute approximate surface area is 153 Å². The molecule has 0 bridgehead atoms. The molecule has 7 heteroatoms. The molecule has 0 aliphatic carbocycles. The molecule has 0 spiro atoms. The molecule has 2 fully saturated rings. The second kappa shape index (κ2) is 8.78. The van der Waals surface area contributed by atoms with E-state index in [4.69, 9.17) is 14.2 Å². The van der Waals surface area contributed by atoms with Crippen LogP contribution in [0.4, 0.5) is 0 Å².